The molecule has 0 amide bonds. The third kappa shape index (κ3) is 8.53. The van der Waals surface area contributed by atoms with Crippen LogP contribution in [0.4, 0.5) is 0 Å². The molecule has 0 fully saturated rings. The van der Waals surface area contributed by atoms with Crippen LogP contribution < -0.4 is 5.73 Å². The zero-order chi connectivity index (χ0) is 12.2. The van der Waals surface area contributed by atoms with Crippen LogP contribution >= 0.6 is 0 Å². The van der Waals surface area contributed by atoms with Crippen LogP contribution in [0.1, 0.15) is 52.4 Å². The van der Waals surface area contributed by atoms with E-state index in [9.17, 15) is 0 Å². The topological polar surface area (TPSA) is 61.8 Å². The second-order valence-electron chi connectivity index (χ2n) is 4.28. The third-order valence-corrected chi connectivity index (χ3v) is 2.63. The number of amidine groups is 1. The zero-order valence-electron chi connectivity index (χ0n) is 10.8. The first-order chi connectivity index (χ1) is 7.74. The van der Waals surface area contributed by atoms with Crippen molar-refractivity contribution in [3.63, 3.8) is 0 Å². The number of unbranched alkanes of at least 4 members (excludes halogenated alkanes) is 4. The van der Waals surface area contributed by atoms with Crippen molar-refractivity contribution in [2.24, 2.45) is 10.9 Å². The molecule has 4 nitrogen and oxygen atoms in total. The minimum Gasteiger partial charge on any atom is -0.409 e. The van der Waals surface area contributed by atoms with Gasteiger partial charge in [-0.15, -0.1) is 0 Å². The van der Waals surface area contributed by atoms with Gasteiger partial charge in [-0.1, -0.05) is 44.7 Å². The molecular weight excluding hydrogens is 202 g/mol. The van der Waals surface area contributed by atoms with Crippen LogP contribution in [0, 0.1) is 0 Å². The molecule has 0 heterocycles. The van der Waals surface area contributed by atoms with E-state index in [1.165, 1.54) is 32.1 Å². The quantitative estimate of drug-likeness (QED) is 0.199. The van der Waals surface area contributed by atoms with Crippen LogP contribution in [0.15, 0.2) is 5.16 Å². The Balaban J connectivity index is 3.67. The largest absolute Gasteiger partial charge is 0.409 e. The predicted octanol–water partition coefficient (Wildman–Crippen LogP) is 2.42. The molecule has 0 radical (unpaired) electrons. The van der Waals surface area contributed by atoms with Crippen LogP contribution in [-0.2, 0) is 0 Å². The van der Waals surface area contributed by atoms with Gasteiger partial charge in [0.1, 0.15) is 0 Å². The predicted molar refractivity (Wildman–Crippen MR) is 68.9 cm³/mol. The van der Waals surface area contributed by atoms with Gasteiger partial charge in [0.05, 0.1) is 6.54 Å². The first-order valence-corrected chi connectivity index (χ1v) is 6.43. The van der Waals surface area contributed by atoms with Crippen molar-refractivity contribution in [3.05, 3.63) is 0 Å². The zero-order valence-corrected chi connectivity index (χ0v) is 10.8. The summed E-state index contributed by atoms with van der Waals surface area (Å²) >= 11 is 0. The smallest absolute Gasteiger partial charge is 0.153 e. The normalized spacial score (nSPS) is 12.3. The summed E-state index contributed by atoms with van der Waals surface area (Å²) < 4.78 is 0. The van der Waals surface area contributed by atoms with Crippen LogP contribution in [0.5, 0.6) is 0 Å². The molecule has 0 saturated heterocycles. The van der Waals surface area contributed by atoms with E-state index in [1.807, 2.05) is 0 Å². The summed E-state index contributed by atoms with van der Waals surface area (Å²) in [5.41, 5.74) is 5.51. The lowest BCUT2D eigenvalue weighted by atomic mass is 10.1. The molecule has 0 aromatic heterocycles. The second-order valence-corrected chi connectivity index (χ2v) is 4.28. The molecule has 0 unspecified atom stereocenters. The van der Waals surface area contributed by atoms with E-state index in [-0.39, 0.29) is 0 Å². The fraction of sp³-hybridized carbons (Fsp3) is 0.917. The van der Waals surface area contributed by atoms with Crippen LogP contribution in [0.2, 0.25) is 0 Å². The highest BCUT2D eigenvalue weighted by Gasteiger charge is 2.05. The number of nitrogens with two attached hydrogens (primary N) is 1. The second kappa shape index (κ2) is 10.7. The van der Waals surface area contributed by atoms with E-state index in [2.05, 4.69) is 23.9 Å². The monoisotopic (exact) mass is 229 g/mol. The fourth-order valence-electron chi connectivity index (χ4n) is 1.79. The first kappa shape index (κ1) is 15.2. The molecule has 16 heavy (non-hydrogen) atoms. The number of oxime groups is 1. The van der Waals surface area contributed by atoms with Gasteiger partial charge in [-0.05, 0) is 25.9 Å². The molecule has 0 aliphatic heterocycles. The van der Waals surface area contributed by atoms with Crippen molar-refractivity contribution in [2.45, 2.75) is 52.4 Å². The van der Waals surface area contributed by atoms with Gasteiger partial charge in [-0.25, -0.2) is 0 Å². The van der Waals surface area contributed by atoms with Crippen molar-refractivity contribution in [1.29, 1.82) is 0 Å². The lowest BCUT2D eigenvalue weighted by Crippen LogP contribution is -2.35. The number of hydrogen-bond acceptors (Lipinski definition) is 3. The Bertz CT molecular complexity index is 183. The van der Waals surface area contributed by atoms with Gasteiger partial charge in [0.15, 0.2) is 5.84 Å². The molecule has 0 spiro atoms. The van der Waals surface area contributed by atoms with Gasteiger partial charge in [0, 0.05) is 0 Å². The van der Waals surface area contributed by atoms with E-state index >= 15 is 0 Å². The highest BCUT2D eigenvalue weighted by molar-refractivity contribution is 5.81. The molecule has 4 heteroatoms. The highest BCUT2D eigenvalue weighted by atomic mass is 16.4. The van der Waals surface area contributed by atoms with Crippen LogP contribution in [-0.4, -0.2) is 35.6 Å². The molecule has 0 aliphatic carbocycles. The average molecular weight is 229 g/mol. The van der Waals surface area contributed by atoms with Gasteiger partial charge >= 0.3 is 0 Å². The molecule has 0 bridgehead atoms. The van der Waals surface area contributed by atoms with E-state index in [0.29, 0.717) is 12.4 Å². The van der Waals surface area contributed by atoms with Crippen LogP contribution in [0.3, 0.4) is 0 Å². The van der Waals surface area contributed by atoms with E-state index < -0.39 is 0 Å². The summed E-state index contributed by atoms with van der Waals surface area (Å²) in [6, 6.07) is 0. The summed E-state index contributed by atoms with van der Waals surface area (Å²) in [6.07, 6.45) is 7.52. The van der Waals surface area contributed by atoms with Crippen molar-refractivity contribution < 1.29 is 5.21 Å². The maximum Gasteiger partial charge on any atom is 0.153 e. The minimum absolute atomic E-state index is 0.307. The van der Waals surface area contributed by atoms with Crippen molar-refractivity contribution in [2.75, 3.05) is 19.6 Å². The van der Waals surface area contributed by atoms with Gasteiger partial charge in [0.25, 0.3) is 0 Å². The molecule has 0 atom stereocenters. The van der Waals surface area contributed by atoms with E-state index in [0.717, 1.165) is 19.5 Å². The van der Waals surface area contributed by atoms with E-state index in [1.54, 1.807) is 0 Å². The summed E-state index contributed by atoms with van der Waals surface area (Å²) in [5, 5.41) is 11.6. The molecule has 96 valence electrons. The molecule has 0 aromatic rings. The summed E-state index contributed by atoms with van der Waals surface area (Å²) in [7, 11) is 0. The molecular formula is C12H27N3O. The first-order valence-electron chi connectivity index (χ1n) is 6.43. The molecule has 3 N–H and O–H groups in total. The van der Waals surface area contributed by atoms with Gasteiger partial charge < -0.3 is 10.9 Å². The average Bonchev–Trinajstić information content (AvgIpc) is 2.28. The fourth-order valence-corrected chi connectivity index (χ4v) is 1.79. The number of hydrogen-bond donors (Lipinski definition) is 2. The van der Waals surface area contributed by atoms with Gasteiger partial charge in [0.2, 0.25) is 0 Å². The number of rotatable bonds is 10. The van der Waals surface area contributed by atoms with Crippen LogP contribution in [0.25, 0.3) is 0 Å². The lowest BCUT2D eigenvalue weighted by molar-refractivity contribution is 0.286. The lowest BCUT2D eigenvalue weighted by Gasteiger charge is -2.20. The molecule has 0 aliphatic rings. The Morgan fingerprint density at radius 2 is 1.75 bits per heavy atom. The van der Waals surface area contributed by atoms with Gasteiger partial charge in [-0.2, -0.15) is 0 Å². The molecule has 0 saturated carbocycles. The summed E-state index contributed by atoms with van der Waals surface area (Å²) in [4.78, 5) is 2.25. The third-order valence-electron chi connectivity index (χ3n) is 2.63. The summed E-state index contributed by atoms with van der Waals surface area (Å²) in [5.74, 6) is 0.307. The molecule has 0 aromatic carbocycles. The standard InChI is InChI=1S/C12H27N3O/c1-3-5-6-7-8-10-15(9-4-2)11-12(13)14-16/h16H,3-11H2,1-2H3,(H2,13,14). The Morgan fingerprint density at radius 3 is 2.31 bits per heavy atom. The Morgan fingerprint density at radius 1 is 1.06 bits per heavy atom. The Hall–Kier alpha value is -0.770. The SMILES string of the molecule is CCCCCCCN(CCC)CC(N)=NO. The Labute approximate surface area is 99.5 Å². The van der Waals surface area contributed by atoms with Gasteiger partial charge in [-0.3, -0.25) is 4.90 Å². The van der Waals surface area contributed by atoms with Crippen molar-refractivity contribution >= 4 is 5.84 Å². The molecule has 0 rings (SSSR count). The van der Waals surface area contributed by atoms with Crippen molar-refractivity contribution in [1.82, 2.24) is 4.90 Å². The van der Waals surface area contributed by atoms with E-state index in [4.69, 9.17) is 10.9 Å². The maximum atomic E-state index is 8.53. The number of nitrogens with zero attached hydrogens (tertiary/aromatic N) is 2. The summed E-state index contributed by atoms with van der Waals surface area (Å²) in [6.45, 7) is 7.02. The Kier molecular flexibility index (Phi) is 10.2. The highest BCUT2D eigenvalue weighted by Crippen LogP contribution is 2.04. The minimum atomic E-state index is 0.307. The maximum absolute atomic E-state index is 8.53. The van der Waals surface area contributed by atoms with Crippen molar-refractivity contribution in [3.8, 4) is 0 Å².